The maximum Gasteiger partial charge on any atom is 0.162 e. The summed E-state index contributed by atoms with van der Waals surface area (Å²) in [6.07, 6.45) is 4.07. The van der Waals surface area contributed by atoms with Crippen LogP contribution in [0.1, 0.15) is 37.5 Å². The van der Waals surface area contributed by atoms with Crippen LogP contribution in [0.25, 0.3) is 0 Å². The van der Waals surface area contributed by atoms with E-state index in [2.05, 4.69) is 0 Å². The number of methoxy groups -OCH3 is 1. The number of hydrogen-bond donors (Lipinski definition) is 0. The molecule has 1 aromatic carbocycles. The van der Waals surface area contributed by atoms with Crippen molar-refractivity contribution in [2.75, 3.05) is 20.3 Å². The van der Waals surface area contributed by atoms with Gasteiger partial charge in [0, 0.05) is 57.4 Å². The van der Waals surface area contributed by atoms with Crippen LogP contribution in [0.4, 0.5) is 8.78 Å². The number of halogens is 2. The molecule has 2 aliphatic rings. The van der Waals surface area contributed by atoms with Crippen molar-refractivity contribution in [2.24, 2.45) is 11.8 Å². The van der Waals surface area contributed by atoms with Crippen LogP contribution >= 0.6 is 0 Å². The Morgan fingerprint density at radius 1 is 1.00 bits per heavy atom. The monoisotopic (exact) mass is 400 g/mol. The van der Waals surface area contributed by atoms with E-state index in [1.165, 1.54) is 12.1 Å². The van der Waals surface area contributed by atoms with Crippen LogP contribution in [-0.4, -0.2) is 26.4 Å². The fraction of sp³-hybridized carbons (Fsp3) is 0.647. The van der Waals surface area contributed by atoms with E-state index in [0.29, 0.717) is 36.7 Å². The largest absolute Gasteiger partial charge is 0.381 e. The molecule has 0 unspecified atom stereocenters. The van der Waals surface area contributed by atoms with Gasteiger partial charge in [0.05, 0.1) is 19.3 Å². The predicted octanol–water partition coefficient (Wildman–Crippen LogP) is 3.63. The molecule has 1 heterocycles. The average Bonchev–Trinajstić information content (AvgIpc) is 2.54. The van der Waals surface area contributed by atoms with Crippen molar-refractivity contribution in [3.8, 4) is 0 Å². The van der Waals surface area contributed by atoms with Gasteiger partial charge >= 0.3 is 0 Å². The minimum absolute atomic E-state index is 0. The van der Waals surface area contributed by atoms with E-state index in [1.54, 1.807) is 7.11 Å². The fourth-order valence-corrected chi connectivity index (χ4v) is 3.44. The van der Waals surface area contributed by atoms with Crippen LogP contribution in [-0.2, 0) is 46.9 Å². The van der Waals surface area contributed by atoms with Crippen LogP contribution in [0.5, 0.6) is 0 Å². The minimum Gasteiger partial charge on any atom is -0.381 e. The topological polar surface area (TPSA) is 27.7 Å². The van der Waals surface area contributed by atoms with Gasteiger partial charge in [-0.25, -0.2) is 8.78 Å². The van der Waals surface area contributed by atoms with E-state index in [0.717, 1.165) is 25.7 Å². The minimum atomic E-state index is -0.734. The summed E-state index contributed by atoms with van der Waals surface area (Å²) in [5.74, 6) is -0.548. The molecule has 0 aromatic heterocycles. The summed E-state index contributed by atoms with van der Waals surface area (Å²) >= 11 is 0. The van der Waals surface area contributed by atoms with Crippen LogP contribution in [0.3, 0.4) is 0 Å². The standard InChI is InChI=1S/C17H21F2O3.Y/c1-20-16-4-2-11(3-5-16)13-9-21-17(22-10-13)12-6-14(18)8-15(19)7-12;/h6-7,11,13,16-17H,2-5,9-10H2,1H3;/q-1;. The molecular formula is C17H21F2O3Y-. The van der Waals surface area contributed by atoms with Gasteiger partial charge in [0.1, 0.15) is 0 Å². The Morgan fingerprint density at radius 2 is 1.57 bits per heavy atom. The van der Waals surface area contributed by atoms with Gasteiger partial charge in [0.25, 0.3) is 0 Å². The third kappa shape index (κ3) is 5.02. The van der Waals surface area contributed by atoms with Gasteiger partial charge in [-0.15, -0.1) is 18.2 Å². The molecule has 1 aromatic rings. The Kier molecular flexibility index (Phi) is 7.55. The Balaban J connectivity index is 0.00000192. The normalized spacial score (nSPS) is 31.4. The molecule has 0 spiro atoms. The summed E-state index contributed by atoms with van der Waals surface area (Å²) in [6.45, 7) is 1.13. The van der Waals surface area contributed by atoms with Crippen molar-refractivity contribution < 1.29 is 55.7 Å². The van der Waals surface area contributed by atoms with Gasteiger partial charge in [-0.2, -0.15) is 0 Å². The van der Waals surface area contributed by atoms with E-state index >= 15 is 0 Å². The summed E-state index contributed by atoms with van der Waals surface area (Å²) in [5, 5.41) is 0. The van der Waals surface area contributed by atoms with Gasteiger partial charge in [-0.05, 0) is 31.6 Å². The van der Waals surface area contributed by atoms with Crippen molar-refractivity contribution in [3.05, 3.63) is 35.4 Å². The molecule has 1 saturated carbocycles. The molecule has 1 radical (unpaired) electrons. The molecule has 0 atom stereocenters. The second-order valence-electron chi connectivity index (χ2n) is 6.14. The van der Waals surface area contributed by atoms with E-state index < -0.39 is 17.9 Å². The maximum atomic E-state index is 13.2. The predicted molar refractivity (Wildman–Crippen MR) is 76.1 cm³/mol. The van der Waals surface area contributed by atoms with Crippen molar-refractivity contribution in [1.82, 2.24) is 0 Å². The van der Waals surface area contributed by atoms with Crippen LogP contribution in [0.15, 0.2) is 12.1 Å². The molecular weight excluding hydrogens is 379 g/mol. The van der Waals surface area contributed by atoms with Crippen LogP contribution in [0.2, 0.25) is 0 Å². The van der Waals surface area contributed by atoms with E-state index in [1.807, 2.05) is 6.07 Å². The molecule has 3 nitrogen and oxygen atoms in total. The molecule has 125 valence electrons. The second-order valence-corrected chi connectivity index (χ2v) is 6.14. The molecule has 3 rings (SSSR count). The molecule has 1 aliphatic carbocycles. The smallest absolute Gasteiger partial charge is 0.162 e. The Labute approximate surface area is 160 Å². The molecule has 1 aliphatic heterocycles. The summed E-state index contributed by atoms with van der Waals surface area (Å²) < 4.78 is 43.2. The van der Waals surface area contributed by atoms with Crippen LogP contribution < -0.4 is 0 Å². The first-order valence-electron chi connectivity index (χ1n) is 7.80. The van der Waals surface area contributed by atoms with Crippen molar-refractivity contribution in [1.29, 1.82) is 0 Å². The zero-order chi connectivity index (χ0) is 15.5. The third-order valence-electron chi connectivity index (χ3n) is 4.74. The van der Waals surface area contributed by atoms with Crippen LogP contribution in [0, 0.1) is 29.5 Å². The Bertz CT molecular complexity index is 478. The van der Waals surface area contributed by atoms with Crippen molar-refractivity contribution in [3.63, 3.8) is 0 Å². The zero-order valence-corrected chi connectivity index (χ0v) is 16.1. The molecule has 1 saturated heterocycles. The third-order valence-corrected chi connectivity index (χ3v) is 4.74. The number of benzene rings is 1. The fourth-order valence-electron chi connectivity index (χ4n) is 3.44. The SMILES string of the molecule is COC1CCC(C2COC(c3cc(F)[c-]c(F)c3)OC2)CC1.[Y]. The van der Waals surface area contributed by atoms with Gasteiger partial charge < -0.3 is 14.2 Å². The first-order chi connectivity index (χ1) is 10.7. The van der Waals surface area contributed by atoms with E-state index in [9.17, 15) is 8.78 Å². The summed E-state index contributed by atoms with van der Waals surface area (Å²) in [4.78, 5) is 0. The summed E-state index contributed by atoms with van der Waals surface area (Å²) in [7, 11) is 1.76. The molecule has 23 heavy (non-hydrogen) atoms. The molecule has 6 heteroatoms. The number of ether oxygens (including phenoxy) is 3. The summed E-state index contributed by atoms with van der Waals surface area (Å²) in [5.41, 5.74) is 0.371. The first-order valence-corrected chi connectivity index (χ1v) is 7.80. The zero-order valence-electron chi connectivity index (χ0n) is 13.3. The van der Waals surface area contributed by atoms with E-state index in [4.69, 9.17) is 14.2 Å². The average molecular weight is 400 g/mol. The van der Waals surface area contributed by atoms with Gasteiger partial charge in [0.2, 0.25) is 0 Å². The Hall–Kier alpha value is 0.0639. The van der Waals surface area contributed by atoms with Gasteiger partial charge in [0.15, 0.2) is 6.29 Å². The van der Waals surface area contributed by atoms with Gasteiger partial charge in [-0.1, -0.05) is 5.56 Å². The molecule has 2 fully saturated rings. The number of rotatable bonds is 3. The molecule has 0 bridgehead atoms. The molecule has 0 amide bonds. The molecule has 0 N–H and O–H groups in total. The summed E-state index contributed by atoms with van der Waals surface area (Å²) in [6, 6.07) is 4.38. The Morgan fingerprint density at radius 3 is 2.09 bits per heavy atom. The van der Waals surface area contributed by atoms with E-state index in [-0.39, 0.29) is 32.7 Å². The first kappa shape index (κ1) is 19.4. The van der Waals surface area contributed by atoms with Crippen molar-refractivity contribution >= 4 is 0 Å². The quantitative estimate of drug-likeness (QED) is 0.726. The number of hydrogen-bond acceptors (Lipinski definition) is 3. The maximum absolute atomic E-state index is 13.2. The second kappa shape index (κ2) is 8.95. The van der Waals surface area contributed by atoms with Crippen molar-refractivity contribution in [2.45, 2.75) is 38.1 Å². The van der Waals surface area contributed by atoms with Gasteiger partial charge in [-0.3, -0.25) is 0 Å².